The van der Waals surface area contributed by atoms with E-state index in [1.54, 1.807) is 21.2 Å². The van der Waals surface area contributed by atoms with Crippen LogP contribution in [0.25, 0.3) is 11.5 Å². The molecule has 7 heteroatoms. The van der Waals surface area contributed by atoms with Crippen LogP contribution in [0.2, 0.25) is 0 Å². The van der Waals surface area contributed by atoms with Gasteiger partial charge in [-0.05, 0) is 24.3 Å². The number of rotatable bonds is 5. The third kappa shape index (κ3) is 3.95. The second-order valence-electron chi connectivity index (χ2n) is 4.61. The minimum Gasteiger partial charge on any atom is -0.497 e. The van der Waals surface area contributed by atoms with Crippen LogP contribution in [0.3, 0.4) is 0 Å². The van der Waals surface area contributed by atoms with Gasteiger partial charge < -0.3 is 19.4 Å². The first-order valence-corrected chi connectivity index (χ1v) is 6.52. The van der Waals surface area contributed by atoms with Gasteiger partial charge in [-0.15, -0.1) is 10.2 Å². The lowest BCUT2D eigenvalue weighted by Gasteiger charge is -2.10. The van der Waals surface area contributed by atoms with Gasteiger partial charge in [0.05, 0.1) is 7.11 Å². The van der Waals surface area contributed by atoms with E-state index in [9.17, 15) is 4.79 Å². The van der Waals surface area contributed by atoms with Crippen molar-refractivity contribution >= 4 is 6.03 Å². The highest BCUT2D eigenvalue weighted by atomic mass is 16.5. The Kier molecular flexibility index (Phi) is 4.76. The largest absolute Gasteiger partial charge is 0.497 e. The van der Waals surface area contributed by atoms with Crippen molar-refractivity contribution in [2.24, 2.45) is 0 Å². The monoisotopic (exact) mass is 290 g/mol. The molecule has 0 fully saturated rings. The molecule has 0 aliphatic heterocycles. The quantitative estimate of drug-likeness (QED) is 0.903. The molecule has 2 rings (SSSR count). The number of nitrogens with one attached hydrogen (secondary N) is 1. The second kappa shape index (κ2) is 6.74. The number of carbonyl (C=O) groups is 1. The standard InChI is InChI=1S/C14H18N4O3/c1-18(2)14(19)15-9-8-12-16-17-13(21-12)10-4-6-11(20-3)7-5-10/h4-7H,8-9H2,1-3H3,(H,15,19). The third-order valence-corrected chi connectivity index (χ3v) is 2.83. The maximum atomic E-state index is 11.4. The second-order valence-corrected chi connectivity index (χ2v) is 4.61. The van der Waals surface area contributed by atoms with Crippen molar-refractivity contribution in [2.45, 2.75) is 6.42 Å². The van der Waals surface area contributed by atoms with Crippen LogP contribution < -0.4 is 10.1 Å². The van der Waals surface area contributed by atoms with E-state index in [0.29, 0.717) is 24.7 Å². The molecule has 7 nitrogen and oxygen atoms in total. The Labute approximate surface area is 122 Å². The Bertz CT molecular complexity index is 593. The summed E-state index contributed by atoms with van der Waals surface area (Å²) in [5.41, 5.74) is 0.826. The van der Waals surface area contributed by atoms with Gasteiger partial charge in [-0.3, -0.25) is 0 Å². The minimum atomic E-state index is -0.148. The number of methoxy groups -OCH3 is 1. The van der Waals surface area contributed by atoms with Crippen molar-refractivity contribution in [1.82, 2.24) is 20.4 Å². The molecule has 1 aromatic carbocycles. The van der Waals surface area contributed by atoms with Gasteiger partial charge in [0.1, 0.15) is 5.75 Å². The zero-order chi connectivity index (χ0) is 15.2. The van der Waals surface area contributed by atoms with Crippen molar-refractivity contribution in [3.05, 3.63) is 30.2 Å². The number of benzene rings is 1. The molecule has 2 amide bonds. The Morgan fingerprint density at radius 1 is 1.29 bits per heavy atom. The molecule has 2 aromatic rings. The average molecular weight is 290 g/mol. The van der Waals surface area contributed by atoms with Gasteiger partial charge in [0.2, 0.25) is 11.8 Å². The van der Waals surface area contributed by atoms with Gasteiger partial charge >= 0.3 is 6.03 Å². The van der Waals surface area contributed by atoms with Gasteiger partial charge in [0.15, 0.2) is 0 Å². The van der Waals surface area contributed by atoms with E-state index in [-0.39, 0.29) is 6.03 Å². The molecule has 0 atom stereocenters. The molecule has 0 radical (unpaired) electrons. The van der Waals surface area contributed by atoms with Crippen molar-refractivity contribution in [3.63, 3.8) is 0 Å². The summed E-state index contributed by atoms with van der Waals surface area (Å²) >= 11 is 0. The van der Waals surface area contributed by atoms with Crippen LogP contribution in [0.1, 0.15) is 5.89 Å². The summed E-state index contributed by atoms with van der Waals surface area (Å²) in [5.74, 6) is 1.70. The van der Waals surface area contributed by atoms with E-state index in [4.69, 9.17) is 9.15 Å². The molecule has 0 saturated carbocycles. The third-order valence-electron chi connectivity index (χ3n) is 2.83. The number of aromatic nitrogens is 2. The lowest BCUT2D eigenvalue weighted by molar-refractivity contribution is 0.217. The summed E-state index contributed by atoms with van der Waals surface area (Å²) in [6.07, 6.45) is 0.489. The van der Waals surface area contributed by atoms with Crippen LogP contribution in [0.15, 0.2) is 28.7 Å². The summed E-state index contributed by atoms with van der Waals surface area (Å²) in [4.78, 5) is 12.8. The lowest BCUT2D eigenvalue weighted by Crippen LogP contribution is -2.35. The normalized spacial score (nSPS) is 10.2. The molecule has 112 valence electrons. The molecule has 0 spiro atoms. The number of hydrogen-bond acceptors (Lipinski definition) is 5. The van der Waals surface area contributed by atoms with Gasteiger partial charge in [0, 0.05) is 32.6 Å². The van der Waals surface area contributed by atoms with E-state index in [1.165, 1.54) is 4.90 Å². The molecule has 0 unspecified atom stereocenters. The van der Waals surface area contributed by atoms with Gasteiger partial charge in [0.25, 0.3) is 0 Å². The highest BCUT2D eigenvalue weighted by Crippen LogP contribution is 2.21. The maximum absolute atomic E-state index is 11.4. The predicted molar refractivity (Wildman–Crippen MR) is 77.1 cm³/mol. The number of carbonyl (C=O) groups excluding carboxylic acids is 1. The Morgan fingerprint density at radius 3 is 2.62 bits per heavy atom. The Balaban J connectivity index is 1.93. The highest BCUT2D eigenvalue weighted by Gasteiger charge is 2.09. The number of hydrogen-bond donors (Lipinski definition) is 1. The SMILES string of the molecule is COc1ccc(-c2nnc(CCNC(=O)N(C)C)o2)cc1. The number of amides is 2. The van der Waals surface area contributed by atoms with Crippen LogP contribution in [-0.4, -0.2) is 48.9 Å². The van der Waals surface area contributed by atoms with E-state index >= 15 is 0 Å². The highest BCUT2D eigenvalue weighted by molar-refractivity contribution is 5.73. The Hall–Kier alpha value is -2.57. The maximum Gasteiger partial charge on any atom is 0.316 e. The Morgan fingerprint density at radius 2 is 2.00 bits per heavy atom. The van der Waals surface area contributed by atoms with Crippen LogP contribution in [-0.2, 0) is 6.42 Å². The molecule has 21 heavy (non-hydrogen) atoms. The molecule has 0 aliphatic carbocycles. The molecule has 1 heterocycles. The lowest BCUT2D eigenvalue weighted by atomic mass is 10.2. The number of ether oxygens (including phenoxy) is 1. The molecular formula is C14H18N4O3. The first kappa shape index (κ1) is 14.8. The summed E-state index contributed by atoms with van der Waals surface area (Å²) in [5, 5.41) is 10.7. The molecule has 0 bridgehead atoms. The van der Waals surface area contributed by atoms with Crippen molar-refractivity contribution in [1.29, 1.82) is 0 Å². The first-order chi connectivity index (χ1) is 10.1. The average Bonchev–Trinajstić information content (AvgIpc) is 2.96. The van der Waals surface area contributed by atoms with Crippen LogP contribution >= 0.6 is 0 Å². The summed E-state index contributed by atoms with van der Waals surface area (Å²) in [6.45, 7) is 0.446. The molecular weight excluding hydrogens is 272 g/mol. The van der Waals surface area contributed by atoms with Gasteiger partial charge in [-0.25, -0.2) is 4.79 Å². The molecule has 0 aliphatic rings. The number of urea groups is 1. The number of nitrogens with zero attached hydrogens (tertiary/aromatic N) is 3. The van der Waals surface area contributed by atoms with E-state index < -0.39 is 0 Å². The van der Waals surface area contributed by atoms with Gasteiger partial charge in [-0.1, -0.05) is 0 Å². The van der Waals surface area contributed by atoms with Crippen molar-refractivity contribution < 1.29 is 13.9 Å². The van der Waals surface area contributed by atoms with E-state index in [1.807, 2.05) is 24.3 Å². The zero-order valence-electron chi connectivity index (χ0n) is 12.3. The minimum absolute atomic E-state index is 0.148. The van der Waals surface area contributed by atoms with Crippen LogP contribution in [0, 0.1) is 0 Å². The first-order valence-electron chi connectivity index (χ1n) is 6.52. The molecule has 1 N–H and O–H groups in total. The summed E-state index contributed by atoms with van der Waals surface area (Å²) < 4.78 is 10.7. The van der Waals surface area contributed by atoms with Gasteiger partial charge in [-0.2, -0.15) is 0 Å². The predicted octanol–water partition coefficient (Wildman–Crippen LogP) is 1.56. The topological polar surface area (TPSA) is 80.5 Å². The fourth-order valence-electron chi connectivity index (χ4n) is 1.64. The van der Waals surface area contributed by atoms with Crippen molar-refractivity contribution in [2.75, 3.05) is 27.7 Å². The summed E-state index contributed by atoms with van der Waals surface area (Å²) in [7, 11) is 4.98. The zero-order valence-corrected chi connectivity index (χ0v) is 12.3. The van der Waals surface area contributed by atoms with E-state index in [0.717, 1.165) is 11.3 Å². The van der Waals surface area contributed by atoms with E-state index in [2.05, 4.69) is 15.5 Å². The van der Waals surface area contributed by atoms with Crippen molar-refractivity contribution in [3.8, 4) is 17.2 Å². The molecule has 1 aromatic heterocycles. The summed E-state index contributed by atoms with van der Waals surface area (Å²) in [6, 6.07) is 7.21. The van der Waals surface area contributed by atoms with Crippen LogP contribution in [0.5, 0.6) is 5.75 Å². The van der Waals surface area contributed by atoms with Crippen LogP contribution in [0.4, 0.5) is 4.79 Å². The fourth-order valence-corrected chi connectivity index (χ4v) is 1.64. The molecule has 0 saturated heterocycles. The smallest absolute Gasteiger partial charge is 0.316 e. The fraction of sp³-hybridized carbons (Fsp3) is 0.357.